The van der Waals surface area contributed by atoms with Crippen LogP contribution >= 0.6 is 0 Å². The number of nitrogens with zero attached hydrogens (tertiary/aromatic N) is 1. The molecule has 1 aliphatic heterocycles. The van der Waals surface area contributed by atoms with E-state index in [0.717, 1.165) is 18.6 Å². The molecule has 1 fully saturated rings. The van der Waals surface area contributed by atoms with Gasteiger partial charge in [0.15, 0.2) is 0 Å². The van der Waals surface area contributed by atoms with Crippen molar-refractivity contribution in [2.24, 2.45) is 28.8 Å². The van der Waals surface area contributed by atoms with Crippen molar-refractivity contribution in [2.45, 2.75) is 46.1 Å². The van der Waals surface area contributed by atoms with E-state index in [1.807, 2.05) is 0 Å². The number of rotatable bonds is 4. The van der Waals surface area contributed by atoms with Crippen LogP contribution in [0.5, 0.6) is 0 Å². The second-order valence-electron chi connectivity index (χ2n) is 5.26. The van der Waals surface area contributed by atoms with Crippen molar-refractivity contribution in [3.63, 3.8) is 0 Å². The Morgan fingerprint density at radius 2 is 2.18 bits per heavy atom. The number of hydrogen-bond acceptors (Lipinski definition) is 4. The zero-order chi connectivity index (χ0) is 12.6. The third-order valence-corrected chi connectivity index (χ3v) is 4.32. The number of hydrogen-bond donors (Lipinski definition) is 0. The molecule has 1 aliphatic carbocycles. The van der Waals surface area contributed by atoms with Crippen LogP contribution in [0.3, 0.4) is 0 Å². The second kappa shape index (κ2) is 4.67. The van der Waals surface area contributed by atoms with Crippen LogP contribution in [0.25, 0.3) is 0 Å². The van der Waals surface area contributed by atoms with Gasteiger partial charge < -0.3 is 14.7 Å². The van der Waals surface area contributed by atoms with Gasteiger partial charge in [-0.2, -0.15) is 0 Å². The minimum absolute atomic E-state index is 0.183. The van der Waals surface area contributed by atoms with Crippen molar-refractivity contribution >= 4 is 11.7 Å². The molecule has 0 saturated heterocycles. The van der Waals surface area contributed by atoms with Crippen LogP contribution < -0.4 is 5.11 Å². The summed E-state index contributed by atoms with van der Waals surface area (Å²) in [5.74, 6) is -0.559. The number of carboxylic acid groups (broad SMARTS) is 1. The maximum absolute atomic E-state index is 11.1. The molecule has 4 atom stereocenters. The maximum Gasteiger partial charge on any atom is 0.143 e. The molecular formula is C13H20NO3-. The van der Waals surface area contributed by atoms with E-state index >= 15 is 0 Å². The van der Waals surface area contributed by atoms with Gasteiger partial charge in [0.1, 0.15) is 6.10 Å². The Morgan fingerprint density at radius 1 is 1.53 bits per heavy atom. The van der Waals surface area contributed by atoms with Crippen LogP contribution in [0, 0.1) is 23.7 Å². The first kappa shape index (κ1) is 12.4. The quantitative estimate of drug-likeness (QED) is 0.739. The summed E-state index contributed by atoms with van der Waals surface area (Å²) in [7, 11) is 0. The van der Waals surface area contributed by atoms with Gasteiger partial charge in [0, 0.05) is 23.7 Å². The van der Waals surface area contributed by atoms with Crippen LogP contribution in [-0.4, -0.2) is 17.8 Å². The minimum atomic E-state index is -0.995. The summed E-state index contributed by atoms with van der Waals surface area (Å²) in [6.07, 6.45) is 2.43. The Labute approximate surface area is 102 Å². The molecule has 0 spiro atoms. The monoisotopic (exact) mass is 238 g/mol. The summed E-state index contributed by atoms with van der Waals surface area (Å²) in [4.78, 5) is 16.4. The number of aliphatic carboxylic acids is 1. The van der Waals surface area contributed by atoms with Crippen LogP contribution in [-0.2, 0) is 9.63 Å². The fraction of sp³-hybridized carbons (Fsp3) is 0.846. The Bertz CT molecular complexity index is 336. The largest absolute Gasteiger partial charge is 0.550 e. The lowest BCUT2D eigenvalue weighted by atomic mass is 9.82. The predicted octanol–water partition coefficient (Wildman–Crippen LogP) is 1.20. The molecule has 0 bridgehead atoms. The molecule has 96 valence electrons. The Kier molecular flexibility index (Phi) is 3.40. The highest BCUT2D eigenvalue weighted by Gasteiger charge is 2.50. The molecule has 0 radical (unpaired) electrons. The average Bonchev–Trinajstić information content (AvgIpc) is 2.83. The number of carbonyl (C=O) groups excluding carboxylic acids is 1. The van der Waals surface area contributed by atoms with Gasteiger partial charge in [-0.1, -0.05) is 25.9 Å². The van der Waals surface area contributed by atoms with Gasteiger partial charge in [0.2, 0.25) is 0 Å². The molecule has 0 amide bonds. The fourth-order valence-corrected chi connectivity index (χ4v) is 3.32. The van der Waals surface area contributed by atoms with Gasteiger partial charge in [0.25, 0.3) is 0 Å². The van der Waals surface area contributed by atoms with E-state index < -0.39 is 11.9 Å². The van der Waals surface area contributed by atoms with Gasteiger partial charge in [-0.05, 0) is 25.2 Å². The van der Waals surface area contributed by atoms with E-state index in [1.54, 1.807) is 0 Å². The molecule has 0 aromatic rings. The van der Waals surface area contributed by atoms with Gasteiger partial charge >= 0.3 is 0 Å². The third kappa shape index (κ3) is 1.94. The molecule has 0 unspecified atom stereocenters. The first-order chi connectivity index (χ1) is 8.10. The molecule has 1 heterocycles. The summed E-state index contributed by atoms with van der Waals surface area (Å²) in [5, 5.41) is 15.2. The lowest BCUT2D eigenvalue weighted by Crippen LogP contribution is -2.38. The first-order valence-corrected chi connectivity index (χ1v) is 6.54. The SMILES string of the molecule is CCC(CC)C1=NO[C@H]2[C@@H]1[C@H](C)C[C@@H]2C(=O)[O-]. The van der Waals surface area contributed by atoms with Gasteiger partial charge in [0.05, 0.1) is 5.71 Å². The smallest absolute Gasteiger partial charge is 0.143 e. The van der Waals surface area contributed by atoms with E-state index in [-0.39, 0.29) is 12.0 Å². The Hall–Kier alpha value is -1.06. The number of fused-ring (bicyclic) bond motifs is 1. The van der Waals surface area contributed by atoms with Crippen molar-refractivity contribution in [2.75, 3.05) is 0 Å². The average molecular weight is 238 g/mol. The summed E-state index contributed by atoms with van der Waals surface area (Å²) >= 11 is 0. The molecule has 1 saturated carbocycles. The zero-order valence-electron chi connectivity index (χ0n) is 10.7. The van der Waals surface area contributed by atoms with Crippen LogP contribution in [0.15, 0.2) is 5.16 Å². The predicted molar refractivity (Wildman–Crippen MR) is 62.1 cm³/mol. The number of carbonyl (C=O) groups is 1. The second-order valence-corrected chi connectivity index (χ2v) is 5.26. The van der Waals surface area contributed by atoms with Crippen LogP contribution in [0.4, 0.5) is 0 Å². The molecule has 4 heteroatoms. The highest BCUT2D eigenvalue weighted by atomic mass is 16.6. The minimum Gasteiger partial charge on any atom is -0.550 e. The fourth-order valence-electron chi connectivity index (χ4n) is 3.32. The molecule has 0 aromatic heterocycles. The van der Waals surface area contributed by atoms with Crippen molar-refractivity contribution in [3.05, 3.63) is 0 Å². The van der Waals surface area contributed by atoms with Crippen molar-refractivity contribution in [1.29, 1.82) is 0 Å². The van der Waals surface area contributed by atoms with Crippen molar-refractivity contribution in [1.82, 2.24) is 0 Å². The summed E-state index contributed by atoms with van der Waals surface area (Å²) in [6, 6.07) is 0. The molecule has 0 N–H and O–H groups in total. The molecule has 4 nitrogen and oxygen atoms in total. The summed E-state index contributed by atoms with van der Waals surface area (Å²) < 4.78 is 0. The summed E-state index contributed by atoms with van der Waals surface area (Å²) in [5.41, 5.74) is 1.08. The van der Waals surface area contributed by atoms with Crippen molar-refractivity contribution in [3.8, 4) is 0 Å². The highest BCUT2D eigenvalue weighted by molar-refractivity contribution is 5.91. The van der Waals surface area contributed by atoms with Crippen molar-refractivity contribution < 1.29 is 14.7 Å². The van der Waals surface area contributed by atoms with Gasteiger partial charge in [-0.15, -0.1) is 0 Å². The standard InChI is InChI=1S/C13H21NO3/c1-4-8(5-2)11-10-7(3)6-9(13(15)16)12(10)17-14-11/h7-10,12H,4-6H2,1-3H3,(H,15,16)/p-1/t7-,9+,10-,12-/m1/s1. The number of oxime groups is 1. The zero-order valence-corrected chi connectivity index (χ0v) is 10.7. The Balaban J connectivity index is 2.18. The topological polar surface area (TPSA) is 61.7 Å². The maximum atomic E-state index is 11.1. The van der Waals surface area contributed by atoms with E-state index in [0.29, 0.717) is 18.3 Å². The van der Waals surface area contributed by atoms with Crippen LogP contribution in [0.1, 0.15) is 40.0 Å². The van der Waals surface area contributed by atoms with E-state index in [1.165, 1.54) is 0 Å². The van der Waals surface area contributed by atoms with Crippen LogP contribution in [0.2, 0.25) is 0 Å². The lowest BCUT2D eigenvalue weighted by Gasteiger charge is -2.20. The molecule has 2 aliphatic rings. The lowest BCUT2D eigenvalue weighted by molar-refractivity contribution is -0.314. The highest BCUT2D eigenvalue weighted by Crippen LogP contribution is 2.44. The van der Waals surface area contributed by atoms with E-state index in [2.05, 4.69) is 25.9 Å². The van der Waals surface area contributed by atoms with Gasteiger partial charge in [-0.3, -0.25) is 0 Å². The summed E-state index contributed by atoms with van der Waals surface area (Å²) in [6.45, 7) is 6.37. The Morgan fingerprint density at radius 3 is 2.71 bits per heavy atom. The molecular weight excluding hydrogens is 218 g/mol. The van der Waals surface area contributed by atoms with E-state index in [4.69, 9.17) is 4.84 Å². The third-order valence-electron chi connectivity index (χ3n) is 4.32. The first-order valence-electron chi connectivity index (χ1n) is 6.54. The molecule has 17 heavy (non-hydrogen) atoms. The normalized spacial score (nSPS) is 35.6. The number of carboxylic acids is 1. The molecule has 2 rings (SSSR count). The van der Waals surface area contributed by atoms with E-state index in [9.17, 15) is 9.90 Å². The van der Waals surface area contributed by atoms with Gasteiger partial charge in [-0.25, -0.2) is 0 Å². The molecule has 0 aromatic carbocycles.